The molecule has 0 rings (SSSR count). The van der Waals surface area contributed by atoms with Crippen molar-refractivity contribution in [2.24, 2.45) is 0 Å². The van der Waals surface area contributed by atoms with Gasteiger partial charge in [0.05, 0.1) is 0 Å². The monoisotopic (exact) mass is 212 g/mol. The molecule has 0 aromatic carbocycles. The maximum absolute atomic E-state index is 2.33. The molecule has 82 valence electrons. The maximum atomic E-state index is 2.33. The lowest BCUT2D eigenvalue weighted by atomic mass is 10.2. The minimum Gasteiger partial charge on any atom is -0.122 e. The minimum atomic E-state index is 1.12. The summed E-state index contributed by atoms with van der Waals surface area (Å²) in [6.07, 6.45) is 18.2. The summed E-state index contributed by atoms with van der Waals surface area (Å²) in [5, 5.41) is 0. The minimum absolute atomic E-state index is 1.12. The van der Waals surface area contributed by atoms with Gasteiger partial charge in [0.15, 0.2) is 0 Å². The molecular weight excluding hydrogens is 187 g/mol. The van der Waals surface area contributed by atoms with Gasteiger partial charge in [-0.05, 0) is 38.0 Å². The predicted octanol–water partition coefficient (Wildman–Crippen LogP) is 4.77. The van der Waals surface area contributed by atoms with Crippen LogP contribution in [0.3, 0.4) is 0 Å². The van der Waals surface area contributed by atoms with Crippen LogP contribution >= 0.6 is 8.58 Å². The van der Waals surface area contributed by atoms with Crippen molar-refractivity contribution >= 4 is 8.58 Å². The highest BCUT2D eigenvalue weighted by Gasteiger charge is 1.83. The van der Waals surface area contributed by atoms with Crippen LogP contribution in [0.5, 0.6) is 0 Å². The van der Waals surface area contributed by atoms with Gasteiger partial charge in [0.1, 0.15) is 0 Å². The largest absolute Gasteiger partial charge is 0.122 e. The van der Waals surface area contributed by atoms with E-state index in [4.69, 9.17) is 0 Å². The molecule has 0 fully saturated rings. The Balaban J connectivity index is 3.11. The van der Waals surface area contributed by atoms with Crippen LogP contribution in [-0.2, 0) is 0 Å². The molecule has 0 radical (unpaired) electrons. The Hall–Kier alpha value is -0.0900. The zero-order valence-electron chi connectivity index (χ0n) is 9.76. The third kappa shape index (κ3) is 11.9. The number of rotatable bonds is 9. The molecule has 0 nitrogen and oxygen atoms in total. The zero-order valence-corrected chi connectivity index (χ0v) is 10.8. The molecule has 0 N–H and O–H groups in total. The van der Waals surface area contributed by atoms with Crippen LogP contribution in [0, 0.1) is 0 Å². The molecule has 0 aliphatic heterocycles. The van der Waals surface area contributed by atoms with Crippen LogP contribution in [0.25, 0.3) is 0 Å². The first-order valence-corrected chi connectivity index (χ1v) is 7.34. The molecule has 1 heteroatoms. The Kier molecular flexibility index (Phi) is 12.8. The molecule has 0 saturated carbocycles. The van der Waals surface area contributed by atoms with Crippen LogP contribution in [-0.4, -0.2) is 12.3 Å². The number of unbranched alkanes of at least 4 members (excludes halogenated alkanes) is 2. The molecule has 1 unspecified atom stereocenters. The maximum Gasteiger partial charge on any atom is -0.0169 e. The molecule has 0 aliphatic carbocycles. The van der Waals surface area contributed by atoms with E-state index in [0.29, 0.717) is 0 Å². The van der Waals surface area contributed by atoms with Crippen molar-refractivity contribution in [3.63, 3.8) is 0 Å². The molecule has 0 spiro atoms. The lowest BCUT2D eigenvalue weighted by Gasteiger charge is -1.93. The number of hydrogen-bond acceptors (Lipinski definition) is 0. The van der Waals surface area contributed by atoms with Gasteiger partial charge in [-0.3, -0.25) is 0 Å². The van der Waals surface area contributed by atoms with E-state index >= 15 is 0 Å². The molecule has 0 amide bonds. The SMILES string of the molecule is CCCC=CCC=CCCCPCC. The second kappa shape index (κ2) is 12.9. The second-order valence-electron chi connectivity index (χ2n) is 3.46. The first kappa shape index (κ1) is 13.9. The average molecular weight is 212 g/mol. The van der Waals surface area contributed by atoms with Crippen molar-refractivity contribution in [2.75, 3.05) is 12.3 Å². The fourth-order valence-electron chi connectivity index (χ4n) is 1.20. The van der Waals surface area contributed by atoms with Gasteiger partial charge < -0.3 is 0 Å². The standard InChI is InChI=1S/C13H25P/c1-3-5-6-7-8-9-10-11-12-13-14-4-2/h6-7,9-10,14H,3-5,8,11-13H2,1-2H3. The van der Waals surface area contributed by atoms with Gasteiger partial charge in [0.25, 0.3) is 0 Å². The molecule has 0 aromatic heterocycles. The van der Waals surface area contributed by atoms with E-state index in [-0.39, 0.29) is 0 Å². The molecule has 0 aromatic rings. The van der Waals surface area contributed by atoms with Crippen LogP contribution in [0.4, 0.5) is 0 Å². The van der Waals surface area contributed by atoms with Crippen LogP contribution in [0.15, 0.2) is 24.3 Å². The van der Waals surface area contributed by atoms with E-state index in [1.54, 1.807) is 0 Å². The van der Waals surface area contributed by atoms with E-state index in [1.807, 2.05) is 0 Å². The molecular formula is C13H25P. The lowest BCUT2D eigenvalue weighted by Crippen LogP contribution is -1.75. The molecule has 0 heterocycles. The highest BCUT2D eigenvalue weighted by Crippen LogP contribution is 2.11. The fourth-order valence-corrected chi connectivity index (χ4v) is 2.00. The summed E-state index contributed by atoms with van der Waals surface area (Å²) in [5.74, 6) is 0. The first-order chi connectivity index (χ1) is 6.91. The fraction of sp³-hybridized carbons (Fsp3) is 0.692. The molecule has 14 heavy (non-hydrogen) atoms. The van der Waals surface area contributed by atoms with E-state index in [1.165, 1.54) is 46.6 Å². The normalized spacial score (nSPS) is 12.7. The van der Waals surface area contributed by atoms with Gasteiger partial charge in [0.2, 0.25) is 0 Å². The summed E-state index contributed by atoms with van der Waals surface area (Å²) in [5.41, 5.74) is 0. The molecule has 0 bridgehead atoms. The van der Waals surface area contributed by atoms with Crippen molar-refractivity contribution in [1.29, 1.82) is 0 Å². The summed E-state index contributed by atoms with van der Waals surface area (Å²) >= 11 is 0. The number of hydrogen-bond donors (Lipinski definition) is 0. The molecule has 0 aliphatic rings. The Labute approximate surface area is 91.7 Å². The summed E-state index contributed by atoms with van der Waals surface area (Å²) in [6, 6.07) is 0. The second-order valence-corrected chi connectivity index (χ2v) is 5.17. The van der Waals surface area contributed by atoms with Crippen LogP contribution < -0.4 is 0 Å². The van der Waals surface area contributed by atoms with Crippen molar-refractivity contribution in [3.8, 4) is 0 Å². The molecule has 0 saturated heterocycles. The van der Waals surface area contributed by atoms with E-state index in [2.05, 4.69) is 38.2 Å². The Bertz CT molecular complexity index is 147. The summed E-state index contributed by atoms with van der Waals surface area (Å²) in [6.45, 7) is 4.49. The Morgan fingerprint density at radius 2 is 1.64 bits per heavy atom. The quantitative estimate of drug-likeness (QED) is 0.293. The topological polar surface area (TPSA) is 0 Å². The smallest absolute Gasteiger partial charge is 0.0169 e. The van der Waals surface area contributed by atoms with Crippen molar-refractivity contribution in [2.45, 2.75) is 46.0 Å². The van der Waals surface area contributed by atoms with Crippen molar-refractivity contribution in [3.05, 3.63) is 24.3 Å². The van der Waals surface area contributed by atoms with Crippen molar-refractivity contribution < 1.29 is 0 Å². The van der Waals surface area contributed by atoms with Gasteiger partial charge >= 0.3 is 0 Å². The Morgan fingerprint density at radius 1 is 0.929 bits per heavy atom. The van der Waals surface area contributed by atoms with Gasteiger partial charge in [0, 0.05) is 0 Å². The highest BCUT2D eigenvalue weighted by atomic mass is 31.1. The lowest BCUT2D eigenvalue weighted by molar-refractivity contribution is 0.951. The number of allylic oxidation sites excluding steroid dienone is 4. The van der Waals surface area contributed by atoms with Gasteiger partial charge in [-0.25, -0.2) is 0 Å². The first-order valence-electron chi connectivity index (χ1n) is 5.92. The zero-order chi connectivity index (χ0) is 10.5. The highest BCUT2D eigenvalue weighted by molar-refractivity contribution is 7.37. The van der Waals surface area contributed by atoms with Crippen LogP contribution in [0.2, 0.25) is 0 Å². The Morgan fingerprint density at radius 3 is 2.29 bits per heavy atom. The third-order valence-electron chi connectivity index (χ3n) is 2.04. The third-order valence-corrected chi connectivity index (χ3v) is 3.24. The summed E-state index contributed by atoms with van der Waals surface area (Å²) < 4.78 is 0. The van der Waals surface area contributed by atoms with E-state index in [9.17, 15) is 0 Å². The molecule has 1 atom stereocenters. The van der Waals surface area contributed by atoms with Crippen molar-refractivity contribution in [1.82, 2.24) is 0 Å². The van der Waals surface area contributed by atoms with Gasteiger partial charge in [-0.1, -0.05) is 44.6 Å². The van der Waals surface area contributed by atoms with Crippen LogP contribution in [0.1, 0.15) is 46.0 Å². The average Bonchev–Trinajstić information content (AvgIpc) is 2.21. The summed E-state index contributed by atoms with van der Waals surface area (Å²) in [4.78, 5) is 0. The van der Waals surface area contributed by atoms with E-state index < -0.39 is 0 Å². The van der Waals surface area contributed by atoms with Gasteiger partial charge in [-0.2, -0.15) is 0 Å². The predicted molar refractivity (Wildman–Crippen MR) is 70.8 cm³/mol. The van der Waals surface area contributed by atoms with Gasteiger partial charge in [-0.15, -0.1) is 8.58 Å². The van der Waals surface area contributed by atoms with E-state index in [0.717, 1.165) is 6.42 Å². The summed E-state index contributed by atoms with van der Waals surface area (Å²) in [7, 11) is 1.18.